The lowest BCUT2D eigenvalue weighted by atomic mass is 10.0. The smallest absolute Gasteiger partial charge is 0.410 e. The number of carbonyl (C=O) groups is 2. The number of piperidine rings is 1. The molecule has 1 fully saturated rings. The highest BCUT2D eigenvalue weighted by Crippen LogP contribution is 2.21. The minimum Gasteiger partial charge on any atom is -0.444 e. The Balaban J connectivity index is 2.76. The normalized spacial score (nSPS) is 20.5. The number of rotatable bonds is 4. The molecule has 1 rings (SSSR count). The van der Waals surface area contributed by atoms with Gasteiger partial charge in [-0.25, -0.2) is 4.79 Å². The molecule has 1 heterocycles. The molecule has 1 saturated heterocycles. The van der Waals surface area contributed by atoms with Crippen LogP contribution in [-0.4, -0.2) is 59.1 Å². The highest BCUT2D eigenvalue weighted by molar-refractivity contribution is 5.81. The topological polar surface area (TPSA) is 75.9 Å². The second-order valence-electron chi connectivity index (χ2n) is 6.99. The summed E-state index contributed by atoms with van der Waals surface area (Å²) in [6.45, 7) is 11.0. The predicted octanol–water partition coefficient (Wildman–Crippen LogP) is 1.97. The maximum absolute atomic E-state index is 12.4. The molecule has 0 aromatic rings. The first-order chi connectivity index (χ1) is 10.2. The van der Waals surface area contributed by atoms with Crippen LogP contribution in [0.4, 0.5) is 4.79 Å². The average molecular weight is 313 g/mol. The van der Waals surface area contributed by atoms with Crippen molar-refractivity contribution >= 4 is 12.0 Å². The van der Waals surface area contributed by atoms with E-state index in [4.69, 9.17) is 10.5 Å². The lowest BCUT2D eigenvalue weighted by Crippen LogP contribution is -2.53. The molecule has 0 unspecified atom stereocenters. The average Bonchev–Trinajstić information content (AvgIpc) is 2.42. The Bertz CT molecular complexity index is 391. The largest absolute Gasteiger partial charge is 0.444 e. The van der Waals surface area contributed by atoms with Crippen molar-refractivity contribution in [2.24, 2.45) is 5.73 Å². The number of hydrogen-bond acceptors (Lipinski definition) is 4. The van der Waals surface area contributed by atoms with E-state index in [1.165, 1.54) is 0 Å². The number of ether oxygens (including phenoxy) is 1. The molecule has 0 spiro atoms. The summed E-state index contributed by atoms with van der Waals surface area (Å²) in [6.07, 6.45) is 2.64. The summed E-state index contributed by atoms with van der Waals surface area (Å²) in [7, 11) is 0. The molecule has 0 aliphatic carbocycles. The van der Waals surface area contributed by atoms with Crippen molar-refractivity contribution in [3.8, 4) is 0 Å². The van der Waals surface area contributed by atoms with Crippen molar-refractivity contribution in [2.45, 2.75) is 71.6 Å². The summed E-state index contributed by atoms with van der Waals surface area (Å²) in [5, 5.41) is 0. The summed E-state index contributed by atoms with van der Waals surface area (Å²) in [5.41, 5.74) is 5.19. The second-order valence-corrected chi connectivity index (χ2v) is 6.99. The third-order valence-corrected chi connectivity index (χ3v) is 3.77. The van der Waals surface area contributed by atoms with E-state index in [2.05, 4.69) is 0 Å². The number of likely N-dealkylation sites (tertiary alicyclic amines) is 1. The van der Waals surface area contributed by atoms with Crippen LogP contribution in [0.3, 0.4) is 0 Å². The molecule has 0 bridgehead atoms. The Morgan fingerprint density at radius 2 is 2.00 bits per heavy atom. The molecule has 0 saturated carbocycles. The minimum absolute atomic E-state index is 0.00579. The van der Waals surface area contributed by atoms with Gasteiger partial charge in [0.15, 0.2) is 0 Å². The van der Waals surface area contributed by atoms with E-state index in [9.17, 15) is 9.59 Å². The number of nitrogens with zero attached hydrogens (tertiary/aromatic N) is 2. The monoisotopic (exact) mass is 313 g/mol. The van der Waals surface area contributed by atoms with Gasteiger partial charge in [-0.1, -0.05) is 0 Å². The van der Waals surface area contributed by atoms with Gasteiger partial charge in [0, 0.05) is 19.6 Å². The SMILES string of the molecule is CCN(C[C@@H]1CCCCN1C(=O)OC(C)(C)C)C(=O)[C@H](C)N. The fraction of sp³-hybridized carbons (Fsp3) is 0.875. The summed E-state index contributed by atoms with van der Waals surface area (Å²) in [5.74, 6) is -0.0720. The summed E-state index contributed by atoms with van der Waals surface area (Å²) < 4.78 is 5.49. The van der Waals surface area contributed by atoms with Crippen molar-refractivity contribution in [2.75, 3.05) is 19.6 Å². The molecule has 6 nitrogen and oxygen atoms in total. The minimum atomic E-state index is -0.515. The molecule has 0 aromatic heterocycles. The first-order valence-electron chi connectivity index (χ1n) is 8.19. The molecule has 1 aliphatic heterocycles. The van der Waals surface area contributed by atoms with E-state index in [-0.39, 0.29) is 18.0 Å². The summed E-state index contributed by atoms with van der Waals surface area (Å²) in [4.78, 5) is 28.0. The third kappa shape index (κ3) is 5.48. The summed E-state index contributed by atoms with van der Waals surface area (Å²) >= 11 is 0. The standard InChI is InChI=1S/C16H31N3O3/c1-6-18(14(20)12(2)17)11-13-9-7-8-10-19(13)15(21)22-16(3,4)5/h12-13H,6-11,17H2,1-5H3/t12-,13-/m0/s1. The highest BCUT2D eigenvalue weighted by atomic mass is 16.6. The molecular weight excluding hydrogens is 282 g/mol. The molecule has 1 aliphatic rings. The van der Waals surface area contributed by atoms with Crippen LogP contribution in [-0.2, 0) is 9.53 Å². The fourth-order valence-corrected chi connectivity index (χ4v) is 2.67. The van der Waals surface area contributed by atoms with Gasteiger partial charge in [0.05, 0.1) is 12.1 Å². The van der Waals surface area contributed by atoms with Crippen LogP contribution in [0.15, 0.2) is 0 Å². The number of nitrogens with two attached hydrogens (primary N) is 1. The van der Waals surface area contributed by atoms with Crippen molar-refractivity contribution in [1.82, 2.24) is 9.80 Å². The van der Waals surface area contributed by atoms with Crippen LogP contribution in [0.5, 0.6) is 0 Å². The van der Waals surface area contributed by atoms with Gasteiger partial charge in [-0.3, -0.25) is 4.79 Å². The maximum Gasteiger partial charge on any atom is 0.410 e. The fourth-order valence-electron chi connectivity index (χ4n) is 2.67. The van der Waals surface area contributed by atoms with E-state index in [1.807, 2.05) is 27.7 Å². The van der Waals surface area contributed by atoms with Gasteiger partial charge in [0.25, 0.3) is 0 Å². The van der Waals surface area contributed by atoms with Gasteiger partial charge in [-0.15, -0.1) is 0 Å². The quantitative estimate of drug-likeness (QED) is 0.861. The zero-order valence-corrected chi connectivity index (χ0v) is 14.6. The van der Waals surface area contributed by atoms with E-state index < -0.39 is 11.6 Å². The van der Waals surface area contributed by atoms with E-state index in [1.54, 1.807) is 16.7 Å². The van der Waals surface area contributed by atoms with Crippen molar-refractivity contribution in [1.29, 1.82) is 0 Å². The van der Waals surface area contributed by atoms with Crippen molar-refractivity contribution < 1.29 is 14.3 Å². The molecule has 0 radical (unpaired) electrons. The zero-order chi connectivity index (χ0) is 16.9. The van der Waals surface area contributed by atoms with Gasteiger partial charge in [0.2, 0.25) is 5.91 Å². The number of amides is 2. The van der Waals surface area contributed by atoms with Crippen LogP contribution in [0.1, 0.15) is 53.9 Å². The van der Waals surface area contributed by atoms with E-state index in [0.717, 1.165) is 19.3 Å². The Labute approximate surface area is 134 Å². The van der Waals surface area contributed by atoms with Gasteiger partial charge in [-0.05, 0) is 53.9 Å². The van der Waals surface area contributed by atoms with Crippen LogP contribution < -0.4 is 5.73 Å². The Hall–Kier alpha value is -1.30. The molecule has 22 heavy (non-hydrogen) atoms. The zero-order valence-electron chi connectivity index (χ0n) is 14.6. The molecule has 0 aromatic carbocycles. The van der Waals surface area contributed by atoms with Gasteiger partial charge >= 0.3 is 6.09 Å². The Morgan fingerprint density at radius 3 is 2.50 bits per heavy atom. The van der Waals surface area contributed by atoms with Crippen molar-refractivity contribution in [3.63, 3.8) is 0 Å². The highest BCUT2D eigenvalue weighted by Gasteiger charge is 2.32. The lowest BCUT2D eigenvalue weighted by Gasteiger charge is -2.39. The van der Waals surface area contributed by atoms with Crippen LogP contribution in [0, 0.1) is 0 Å². The Morgan fingerprint density at radius 1 is 1.36 bits per heavy atom. The maximum atomic E-state index is 12.4. The van der Waals surface area contributed by atoms with Gasteiger partial charge in [0.1, 0.15) is 5.60 Å². The summed E-state index contributed by atoms with van der Waals surface area (Å²) in [6, 6.07) is -0.509. The predicted molar refractivity (Wildman–Crippen MR) is 86.5 cm³/mol. The van der Waals surface area contributed by atoms with Gasteiger partial charge in [-0.2, -0.15) is 0 Å². The molecule has 2 atom stereocenters. The molecule has 128 valence electrons. The second kappa shape index (κ2) is 7.81. The Kier molecular flexibility index (Phi) is 6.66. The third-order valence-electron chi connectivity index (χ3n) is 3.77. The molecule has 2 N–H and O–H groups in total. The number of hydrogen-bond donors (Lipinski definition) is 1. The van der Waals surface area contributed by atoms with Crippen molar-refractivity contribution in [3.05, 3.63) is 0 Å². The number of carbonyl (C=O) groups excluding carboxylic acids is 2. The molecule has 6 heteroatoms. The lowest BCUT2D eigenvalue weighted by molar-refractivity contribution is -0.133. The van der Waals surface area contributed by atoms with Crippen LogP contribution >= 0.6 is 0 Å². The van der Waals surface area contributed by atoms with E-state index in [0.29, 0.717) is 19.6 Å². The van der Waals surface area contributed by atoms with Crippen LogP contribution in [0.2, 0.25) is 0 Å². The molecule has 2 amide bonds. The molecular formula is C16H31N3O3. The van der Waals surface area contributed by atoms with E-state index >= 15 is 0 Å². The van der Waals surface area contributed by atoms with Gasteiger partial charge < -0.3 is 20.3 Å². The first kappa shape index (κ1) is 18.7. The van der Waals surface area contributed by atoms with Crippen LogP contribution in [0.25, 0.3) is 0 Å². The number of likely N-dealkylation sites (N-methyl/N-ethyl adjacent to an activating group) is 1. The first-order valence-corrected chi connectivity index (χ1v) is 8.19.